The number of nitrogens with one attached hydrogen (secondary N) is 1. The second-order valence-electron chi connectivity index (χ2n) is 6.54. The number of aromatic nitrogens is 2. The maximum atomic E-state index is 12.1. The van der Waals surface area contributed by atoms with Crippen LogP contribution < -0.4 is 10.1 Å². The van der Waals surface area contributed by atoms with Gasteiger partial charge in [0.05, 0.1) is 12.7 Å². The number of hydrogen-bond donors (Lipinski definition) is 2. The Balaban J connectivity index is 1.48. The predicted molar refractivity (Wildman–Crippen MR) is 95.6 cm³/mol. The molecule has 7 nitrogen and oxygen atoms in total. The molecular weight excluding hydrogens is 334 g/mol. The van der Waals surface area contributed by atoms with E-state index >= 15 is 0 Å². The molecule has 2 aromatic rings. The molecule has 3 rings (SSSR count). The molecule has 0 saturated heterocycles. The van der Waals surface area contributed by atoms with Gasteiger partial charge < -0.3 is 19.7 Å². The average Bonchev–Trinajstić information content (AvgIpc) is 3.12. The molecule has 1 aliphatic rings. The Kier molecular flexibility index (Phi) is 6.22. The number of hydrogen-bond acceptors (Lipinski definition) is 6. The molecule has 1 heterocycles. The molecule has 0 radical (unpaired) electrons. The van der Waals surface area contributed by atoms with Crippen LogP contribution in [0.4, 0.5) is 0 Å². The summed E-state index contributed by atoms with van der Waals surface area (Å²) in [6.45, 7) is 2.56. The summed E-state index contributed by atoms with van der Waals surface area (Å²) in [5.41, 5.74) is 0.841. The lowest BCUT2D eigenvalue weighted by atomic mass is 9.93. The van der Waals surface area contributed by atoms with E-state index in [1.54, 1.807) is 0 Å². The van der Waals surface area contributed by atoms with Crippen LogP contribution in [0.3, 0.4) is 0 Å². The zero-order chi connectivity index (χ0) is 18.4. The van der Waals surface area contributed by atoms with Gasteiger partial charge >= 0.3 is 0 Å². The van der Waals surface area contributed by atoms with E-state index in [4.69, 9.17) is 9.26 Å². The lowest BCUT2D eigenvalue weighted by Gasteiger charge is -2.26. The van der Waals surface area contributed by atoms with E-state index < -0.39 is 0 Å². The van der Waals surface area contributed by atoms with Crippen molar-refractivity contribution >= 4 is 5.91 Å². The number of ether oxygens (including phenoxy) is 1. The van der Waals surface area contributed by atoms with Crippen LogP contribution >= 0.6 is 0 Å². The van der Waals surface area contributed by atoms with Crippen LogP contribution in [0.2, 0.25) is 0 Å². The Morgan fingerprint density at radius 2 is 2.00 bits per heavy atom. The third-order valence-electron chi connectivity index (χ3n) is 4.52. The predicted octanol–water partition coefficient (Wildman–Crippen LogP) is 2.49. The first-order valence-electron chi connectivity index (χ1n) is 9.17. The topological polar surface area (TPSA) is 97.5 Å². The van der Waals surface area contributed by atoms with Gasteiger partial charge in [-0.25, -0.2) is 0 Å². The largest absolute Gasteiger partial charge is 0.494 e. The number of aliphatic hydroxyl groups excluding tert-OH is 1. The van der Waals surface area contributed by atoms with Crippen LogP contribution in [0.15, 0.2) is 28.8 Å². The fourth-order valence-corrected chi connectivity index (χ4v) is 3.08. The van der Waals surface area contributed by atoms with Crippen molar-refractivity contribution in [2.75, 3.05) is 6.61 Å². The molecule has 140 valence electrons. The van der Waals surface area contributed by atoms with E-state index in [1.807, 2.05) is 31.2 Å². The molecule has 1 saturated carbocycles. The minimum Gasteiger partial charge on any atom is -0.494 e. The first-order valence-corrected chi connectivity index (χ1v) is 9.17. The van der Waals surface area contributed by atoms with E-state index in [2.05, 4.69) is 15.5 Å². The van der Waals surface area contributed by atoms with Crippen molar-refractivity contribution in [2.45, 2.75) is 57.6 Å². The third kappa shape index (κ3) is 5.05. The number of carbonyl (C=O) groups is 1. The molecule has 26 heavy (non-hydrogen) atoms. The first-order chi connectivity index (χ1) is 12.6. The molecule has 7 heteroatoms. The maximum absolute atomic E-state index is 12.1. The van der Waals surface area contributed by atoms with Crippen molar-refractivity contribution in [3.05, 3.63) is 30.2 Å². The summed E-state index contributed by atoms with van der Waals surface area (Å²) < 4.78 is 10.7. The van der Waals surface area contributed by atoms with Crippen LogP contribution in [0.1, 0.15) is 44.9 Å². The zero-order valence-electron chi connectivity index (χ0n) is 15.0. The fourth-order valence-electron chi connectivity index (χ4n) is 3.08. The smallest absolute Gasteiger partial charge is 0.227 e. The summed E-state index contributed by atoms with van der Waals surface area (Å²) in [7, 11) is 0. The van der Waals surface area contributed by atoms with Crippen molar-refractivity contribution < 1.29 is 19.2 Å². The molecule has 1 fully saturated rings. The Morgan fingerprint density at radius 3 is 2.69 bits per heavy atom. The minimum absolute atomic E-state index is 0.0211. The highest BCUT2D eigenvalue weighted by molar-refractivity contribution is 5.76. The van der Waals surface area contributed by atoms with Gasteiger partial charge in [-0.3, -0.25) is 4.79 Å². The normalized spacial score (nSPS) is 19.9. The molecule has 0 atom stereocenters. The molecule has 1 amide bonds. The monoisotopic (exact) mass is 359 g/mol. The summed E-state index contributed by atoms with van der Waals surface area (Å²) in [6.07, 6.45) is 3.66. The molecule has 1 aromatic carbocycles. The summed E-state index contributed by atoms with van der Waals surface area (Å²) in [5.74, 6) is 1.73. The van der Waals surface area contributed by atoms with Gasteiger partial charge in [0.25, 0.3) is 0 Å². The maximum Gasteiger partial charge on any atom is 0.227 e. The van der Waals surface area contributed by atoms with Crippen molar-refractivity contribution in [3.8, 4) is 17.1 Å². The van der Waals surface area contributed by atoms with E-state index in [0.717, 1.165) is 37.0 Å². The summed E-state index contributed by atoms with van der Waals surface area (Å²) in [6, 6.07) is 7.65. The number of amides is 1. The number of benzene rings is 1. The highest BCUT2D eigenvalue weighted by Gasteiger charge is 2.21. The first kappa shape index (κ1) is 18.4. The van der Waals surface area contributed by atoms with Crippen LogP contribution in [0.25, 0.3) is 11.4 Å². The van der Waals surface area contributed by atoms with E-state index in [1.165, 1.54) is 0 Å². The fraction of sp³-hybridized carbons (Fsp3) is 0.526. The van der Waals surface area contributed by atoms with E-state index in [9.17, 15) is 9.90 Å². The Morgan fingerprint density at radius 1 is 1.27 bits per heavy atom. The number of nitrogens with zero attached hydrogens (tertiary/aromatic N) is 2. The quantitative estimate of drug-likeness (QED) is 0.788. The lowest BCUT2D eigenvalue weighted by Crippen LogP contribution is -2.38. The van der Waals surface area contributed by atoms with Gasteiger partial charge in [-0.05, 0) is 56.9 Å². The number of rotatable bonds is 7. The Labute approximate surface area is 152 Å². The van der Waals surface area contributed by atoms with Gasteiger partial charge in [-0.15, -0.1) is 0 Å². The van der Waals surface area contributed by atoms with Crippen molar-refractivity contribution in [1.82, 2.24) is 15.5 Å². The second kappa shape index (κ2) is 8.80. The SMILES string of the molecule is CCOc1ccc(-c2noc(CCC(=O)NC3CCC(O)CC3)n2)cc1. The van der Waals surface area contributed by atoms with Crippen molar-refractivity contribution in [2.24, 2.45) is 0 Å². The van der Waals surface area contributed by atoms with Gasteiger partial charge in [0.15, 0.2) is 0 Å². The zero-order valence-corrected chi connectivity index (χ0v) is 15.0. The standard InChI is InChI=1S/C19H25N3O4/c1-2-25-16-9-3-13(4-10-16)19-21-18(26-22-19)12-11-17(24)20-14-5-7-15(23)8-6-14/h3-4,9-10,14-15,23H,2,5-8,11-12H2,1H3,(H,20,24). The van der Waals surface area contributed by atoms with Gasteiger partial charge in [0, 0.05) is 24.4 Å². The van der Waals surface area contributed by atoms with Crippen LogP contribution in [-0.4, -0.2) is 39.9 Å². The van der Waals surface area contributed by atoms with E-state index in [0.29, 0.717) is 31.2 Å². The Hall–Kier alpha value is -2.41. The molecule has 0 aliphatic heterocycles. The lowest BCUT2D eigenvalue weighted by molar-refractivity contribution is -0.122. The molecule has 0 spiro atoms. The molecule has 1 aromatic heterocycles. The van der Waals surface area contributed by atoms with Gasteiger partial charge in [-0.1, -0.05) is 5.16 Å². The number of aliphatic hydroxyl groups is 1. The van der Waals surface area contributed by atoms with Crippen molar-refractivity contribution in [1.29, 1.82) is 0 Å². The molecular formula is C19H25N3O4. The van der Waals surface area contributed by atoms with Crippen LogP contribution in [0.5, 0.6) is 5.75 Å². The third-order valence-corrected chi connectivity index (χ3v) is 4.52. The molecule has 0 unspecified atom stereocenters. The van der Waals surface area contributed by atoms with Crippen LogP contribution in [-0.2, 0) is 11.2 Å². The van der Waals surface area contributed by atoms with E-state index in [-0.39, 0.29) is 18.1 Å². The summed E-state index contributed by atoms with van der Waals surface area (Å²) in [5, 5.41) is 16.5. The molecule has 1 aliphatic carbocycles. The Bertz CT molecular complexity index is 706. The number of carbonyl (C=O) groups excluding carboxylic acids is 1. The number of aryl methyl sites for hydroxylation is 1. The van der Waals surface area contributed by atoms with Gasteiger partial charge in [-0.2, -0.15) is 4.98 Å². The minimum atomic E-state index is -0.220. The summed E-state index contributed by atoms with van der Waals surface area (Å²) in [4.78, 5) is 16.4. The highest BCUT2D eigenvalue weighted by Crippen LogP contribution is 2.21. The molecule has 2 N–H and O–H groups in total. The average molecular weight is 359 g/mol. The van der Waals surface area contributed by atoms with Crippen LogP contribution in [0, 0.1) is 0 Å². The van der Waals surface area contributed by atoms with Gasteiger partial charge in [0.1, 0.15) is 5.75 Å². The second-order valence-corrected chi connectivity index (χ2v) is 6.54. The van der Waals surface area contributed by atoms with Gasteiger partial charge in [0.2, 0.25) is 17.6 Å². The highest BCUT2D eigenvalue weighted by atomic mass is 16.5. The molecule has 0 bridgehead atoms. The summed E-state index contributed by atoms with van der Waals surface area (Å²) >= 11 is 0. The van der Waals surface area contributed by atoms with Crippen molar-refractivity contribution in [3.63, 3.8) is 0 Å².